The first-order valence-corrected chi connectivity index (χ1v) is 7.33. The lowest BCUT2D eigenvalue weighted by Gasteiger charge is -2.25. The number of aliphatic hydroxyl groups excluding tert-OH is 2. The number of aliphatic hydroxyl groups is 3. The molecule has 1 saturated carbocycles. The summed E-state index contributed by atoms with van der Waals surface area (Å²) in [5, 5.41) is 33.8. The second-order valence-electron chi connectivity index (χ2n) is 6.68. The van der Waals surface area contributed by atoms with Crippen molar-refractivity contribution in [1.29, 1.82) is 0 Å². The molecule has 0 aromatic rings. The molecule has 0 aromatic heterocycles. The average molecular weight is 304 g/mol. The maximum Gasteiger partial charge on any atom is 0.408 e. The summed E-state index contributed by atoms with van der Waals surface area (Å²) in [6.45, 7) is 5.24. The highest BCUT2D eigenvalue weighted by molar-refractivity contribution is 5.69. The Morgan fingerprint density at radius 3 is 2.48 bits per heavy atom. The fraction of sp³-hybridized carbons (Fsp3) is 0.929. The van der Waals surface area contributed by atoms with Gasteiger partial charge in [0.25, 0.3) is 0 Å². The Labute approximate surface area is 125 Å². The molecule has 1 fully saturated rings. The number of amides is 1. The summed E-state index contributed by atoms with van der Waals surface area (Å²) in [6.07, 6.45) is -0.312. The largest absolute Gasteiger partial charge is 0.444 e. The molecule has 5 N–H and O–H groups in total. The van der Waals surface area contributed by atoms with Gasteiger partial charge in [0, 0.05) is 0 Å². The first-order valence-electron chi connectivity index (χ1n) is 7.33. The van der Waals surface area contributed by atoms with Gasteiger partial charge in [-0.2, -0.15) is 0 Å². The first-order chi connectivity index (χ1) is 9.60. The third kappa shape index (κ3) is 5.43. The van der Waals surface area contributed by atoms with Gasteiger partial charge in [0.15, 0.2) is 6.29 Å². The molecule has 0 radical (unpaired) electrons. The van der Waals surface area contributed by atoms with E-state index in [1.54, 1.807) is 27.8 Å². The predicted octanol–water partition coefficient (Wildman–Crippen LogP) is 0.289. The van der Waals surface area contributed by atoms with Crippen LogP contribution in [0.3, 0.4) is 0 Å². The number of rotatable bonds is 7. The Bertz CT molecular complexity index is 356. The van der Waals surface area contributed by atoms with Gasteiger partial charge < -0.3 is 25.4 Å². The lowest BCUT2D eigenvalue weighted by atomic mass is 10.1. The number of nitrogens with one attached hydrogen (secondary N) is 2. The van der Waals surface area contributed by atoms with E-state index in [-0.39, 0.29) is 5.92 Å². The second-order valence-corrected chi connectivity index (χ2v) is 6.68. The van der Waals surface area contributed by atoms with Gasteiger partial charge in [-0.3, -0.25) is 5.32 Å². The van der Waals surface area contributed by atoms with Crippen LogP contribution >= 0.6 is 0 Å². The minimum atomic E-state index is -1.62. The molecule has 2 unspecified atom stereocenters. The van der Waals surface area contributed by atoms with E-state index >= 15 is 0 Å². The minimum Gasteiger partial charge on any atom is -0.444 e. The van der Waals surface area contributed by atoms with E-state index in [9.17, 15) is 20.1 Å². The van der Waals surface area contributed by atoms with Crippen molar-refractivity contribution >= 4 is 6.09 Å². The molecule has 3 atom stereocenters. The Kier molecular flexibility index (Phi) is 5.98. The first kappa shape index (κ1) is 18.2. The summed E-state index contributed by atoms with van der Waals surface area (Å²) in [5.41, 5.74) is -1.65. The van der Waals surface area contributed by atoms with E-state index in [2.05, 4.69) is 10.6 Å². The van der Waals surface area contributed by atoms with Crippen molar-refractivity contribution in [3.05, 3.63) is 0 Å². The van der Waals surface area contributed by atoms with Crippen LogP contribution in [0.4, 0.5) is 4.79 Å². The van der Waals surface area contributed by atoms with Crippen LogP contribution in [0.25, 0.3) is 0 Å². The van der Waals surface area contributed by atoms with E-state index < -0.39 is 29.8 Å². The molecule has 7 heteroatoms. The second kappa shape index (κ2) is 6.91. The van der Waals surface area contributed by atoms with Gasteiger partial charge in [0.05, 0.1) is 5.54 Å². The van der Waals surface area contributed by atoms with Crippen molar-refractivity contribution in [2.24, 2.45) is 5.92 Å². The number of alkyl carbamates (subject to hydrolysis) is 1. The standard InChI is InChI=1S/C14H28N2O5/c1-13(2,3)21-12(20)16-14(11(18)19)8-9(14)6-5-7-10(17)15-4/h9-11,15,17-19H,5-8H2,1-4H3,(H,16,20)/t9?,10?,14-/m1/s1. The molecular formula is C14H28N2O5. The summed E-state index contributed by atoms with van der Waals surface area (Å²) in [4.78, 5) is 11.8. The number of hydrogen-bond acceptors (Lipinski definition) is 6. The summed E-state index contributed by atoms with van der Waals surface area (Å²) in [7, 11) is 1.67. The zero-order valence-corrected chi connectivity index (χ0v) is 13.2. The average Bonchev–Trinajstić information content (AvgIpc) is 3.00. The molecule has 0 aromatic carbocycles. The normalized spacial score (nSPS) is 26.6. The van der Waals surface area contributed by atoms with Gasteiger partial charge in [0.1, 0.15) is 11.8 Å². The van der Waals surface area contributed by atoms with Crippen LogP contribution in [0.15, 0.2) is 0 Å². The van der Waals surface area contributed by atoms with Crippen LogP contribution in [0.2, 0.25) is 0 Å². The third-order valence-electron chi connectivity index (χ3n) is 3.71. The van der Waals surface area contributed by atoms with Crippen molar-refractivity contribution in [2.75, 3.05) is 7.05 Å². The molecule has 0 aliphatic heterocycles. The summed E-state index contributed by atoms with van der Waals surface area (Å²) >= 11 is 0. The Hall–Kier alpha value is -0.890. The molecule has 124 valence electrons. The number of hydrogen-bond donors (Lipinski definition) is 5. The minimum absolute atomic E-state index is 0.0194. The molecule has 0 spiro atoms. The van der Waals surface area contributed by atoms with E-state index in [1.165, 1.54) is 0 Å². The molecule has 0 saturated heterocycles. The Balaban J connectivity index is 2.46. The molecule has 1 aliphatic rings. The zero-order valence-electron chi connectivity index (χ0n) is 13.2. The molecule has 1 aliphatic carbocycles. The lowest BCUT2D eigenvalue weighted by Crippen LogP contribution is -2.49. The van der Waals surface area contributed by atoms with Gasteiger partial charge in [-0.15, -0.1) is 0 Å². The molecule has 1 amide bonds. The monoisotopic (exact) mass is 304 g/mol. The maximum atomic E-state index is 11.8. The van der Waals surface area contributed by atoms with Crippen LogP contribution in [0, 0.1) is 5.92 Å². The Morgan fingerprint density at radius 1 is 1.38 bits per heavy atom. The van der Waals surface area contributed by atoms with E-state index in [1.807, 2.05) is 0 Å². The van der Waals surface area contributed by atoms with Crippen molar-refractivity contribution < 1.29 is 24.9 Å². The van der Waals surface area contributed by atoms with Crippen molar-refractivity contribution in [2.45, 2.75) is 70.1 Å². The molecular weight excluding hydrogens is 276 g/mol. The number of carbonyl (C=O) groups is 1. The van der Waals surface area contributed by atoms with Gasteiger partial charge in [-0.25, -0.2) is 4.79 Å². The Morgan fingerprint density at radius 2 is 2.00 bits per heavy atom. The van der Waals surface area contributed by atoms with Gasteiger partial charge in [-0.05, 0) is 59.4 Å². The van der Waals surface area contributed by atoms with Crippen molar-refractivity contribution in [3.8, 4) is 0 Å². The van der Waals surface area contributed by atoms with Crippen LogP contribution in [-0.2, 0) is 4.74 Å². The van der Waals surface area contributed by atoms with Crippen LogP contribution in [-0.4, -0.2) is 52.1 Å². The zero-order chi connectivity index (χ0) is 16.3. The highest BCUT2D eigenvalue weighted by Crippen LogP contribution is 2.48. The van der Waals surface area contributed by atoms with Gasteiger partial charge >= 0.3 is 6.09 Å². The summed E-state index contributed by atoms with van der Waals surface area (Å²) in [5.74, 6) is -0.0194. The highest BCUT2D eigenvalue weighted by atomic mass is 16.6. The molecule has 0 heterocycles. The van der Waals surface area contributed by atoms with Crippen molar-refractivity contribution in [1.82, 2.24) is 10.6 Å². The molecule has 1 rings (SSSR count). The van der Waals surface area contributed by atoms with Crippen LogP contribution in [0.1, 0.15) is 46.5 Å². The third-order valence-corrected chi connectivity index (χ3v) is 3.71. The predicted molar refractivity (Wildman–Crippen MR) is 77.4 cm³/mol. The SMILES string of the molecule is CNC(O)CCCC1C[C@]1(NC(=O)OC(C)(C)C)C(O)O. The molecule has 0 bridgehead atoms. The summed E-state index contributed by atoms with van der Waals surface area (Å²) < 4.78 is 5.15. The smallest absolute Gasteiger partial charge is 0.408 e. The topological polar surface area (TPSA) is 111 Å². The number of carbonyl (C=O) groups excluding carboxylic acids is 1. The lowest BCUT2D eigenvalue weighted by molar-refractivity contribution is -0.0818. The molecule has 21 heavy (non-hydrogen) atoms. The molecule has 7 nitrogen and oxygen atoms in total. The van der Waals surface area contributed by atoms with E-state index in [4.69, 9.17) is 4.74 Å². The van der Waals surface area contributed by atoms with Gasteiger partial charge in [0.2, 0.25) is 0 Å². The van der Waals surface area contributed by atoms with Crippen molar-refractivity contribution in [3.63, 3.8) is 0 Å². The van der Waals surface area contributed by atoms with E-state index in [0.29, 0.717) is 19.3 Å². The van der Waals surface area contributed by atoms with Crippen LogP contribution < -0.4 is 10.6 Å². The fourth-order valence-corrected chi connectivity index (χ4v) is 2.44. The van der Waals surface area contributed by atoms with Gasteiger partial charge in [-0.1, -0.05) is 0 Å². The van der Waals surface area contributed by atoms with Crippen LogP contribution in [0.5, 0.6) is 0 Å². The summed E-state index contributed by atoms with van der Waals surface area (Å²) in [6, 6.07) is 0. The maximum absolute atomic E-state index is 11.8. The highest BCUT2D eigenvalue weighted by Gasteiger charge is 2.59. The quantitative estimate of drug-likeness (QED) is 0.432. The number of ether oxygens (including phenoxy) is 1. The van der Waals surface area contributed by atoms with E-state index in [0.717, 1.165) is 6.42 Å². The fourth-order valence-electron chi connectivity index (χ4n) is 2.44.